The van der Waals surface area contributed by atoms with Crippen molar-refractivity contribution < 1.29 is 23.5 Å². The molecule has 0 radical (unpaired) electrons. The highest BCUT2D eigenvalue weighted by atomic mass is 28.4. The van der Waals surface area contributed by atoms with Gasteiger partial charge in [0.05, 0.1) is 19.8 Å². The van der Waals surface area contributed by atoms with Crippen LogP contribution in [0.1, 0.15) is 58.1 Å². The summed E-state index contributed by atoms with van der Waals surface area (Å²) in [6.45, 7) is 12.1. The van der Waals surface area contributed by atoms with Crippen LogP contribution in [0.25, 0.3) is 0 Å². The lowest BCUT2D eigenvalue weighted by molar-refractivity contribution is -0.191. The highest BCUT2D eigenvalue weighted by Crippen LogP contribution is 2.55. The molecule has 0 N–H and O–H groups in total. The maximum Gasteiger partial charge on any atom is 0.321 e. The van der Waals surface area contributed by atoms with Gasteiger partial charge in [0.2, 0.25) is 5.91 Å². The molecule has 1 amide bonds. The van der Waals surface area contributed by atoms with E-state index in [2.05, 4.69) is 46.0 Å². The first-order chi connectivity index (χ1) is 16.5. The summed E-state index contributed by atoms with van der Waals surface area (Å²) in [5.41, 5.74) is -0.189. The molecular weight excluding hydrogens is 458 g/mol. The van der Waals surface area contributed by atoms with Gasteiger partial charge in [-0.15, -0.1) is 0 Å². The van der Waals surface area contributed by atoms with E-state index in [1.807, 2.05) is 35.2 Å². The number of esters is 1. The third-order valence-electron chi connectivity index (χ3n) is 8.85. The lowest BCUT2D eigenvalue weighted by Gasteiger charge is -2.52. The lowest BCUT2D eigenvalue weighted by atomic mass is 9.59. The normalized spacial score (nSPS) is 30.7. The topological polar surface area (TPSA) is 65.1 Å². The summed E-state index contributed by atoms with van der Waals surface area (Å²) < 4.78 is 18.1. The van der Waals surface area contributed by atoms with Gasteiger partial charge in [-0.2, -0.15) is 0 Å². The van der Waals surface area contributed by atoms with Gasteiger partial charge in [0.15, 0.2) is 8.32 Å². The fraction of sp³-hybridized carbons (Fsp3) is 0.643. The van der Waals surface area contributed by atoms with E-state index < -0.39 is 19.7 Å². The Labute approximate surface area is 211 Å². The van der Waals surface area contributed by atoms with Gasteiger partial charge < -0.3 is 18.8 Å². The van der Waals surface area contributed by atoms with Gasteiger partial charge in [0.1, 0.15) is 11.6 Å². The van der Waals surface area contributed by atoms with E-state index in [1.165, 1.54) is 7.11 Å². The van der Waals surface area contributed by atoms with Crippen LogP contribution >= 0.6 is 0 Å². The quantitative estimate of drug-likeness (QED) is 0.164. The molecule has 3 aliphatic rings. The van der Waals surface area contributed by atoms with Crippen molar-refractivity contribution in [3.63, 3.8) is 0 Å². The Kier molecular flexibility index (Phi) is 7.33. The summed E-state index contributed by atoms with van der Waals surface area (Å²) in [7, 11) is -0.521. The van der Waals surface area contributed by atoms with Crippen molar-refractivity contribution in [1.29, 1.82) is 0 Å². The highest BCUT2D eigenvalue weighted by molar-refractivity contribution is 6.74. The van der Waals surface area contributed by atoms with Crippen molar-refractivity contribution >= 4 is 20.2 Å². The third kappa shape index (κ3) is 4.51. The maximum absolute atomic E-state index is 14.4. The van der Waals surface area contributed by atoms with Crippen molar-refractivity contribution in [2.75, 3.05) is 20.3 Å². The molecule has 0 aromatic heterocycles. The summed E-state index contributed by atoms with van der Waals surface area (Å²) >= 11 is 0. The van der Waals surface area contributed by atoms with E-state index in [0.717, 1.165) is 12.0 Å². The van der Waals surface area contributed by atoms with Gasteiger partial charge in [-0.05, 0) is 55.3 Å². The highest BCUT2D eigenvalue weighted by Gasteiger charge is 2.65. The molecule has 2 aliphatic heterocycles. The predicted molar refractivity (Wildman–Crippen MR) is 138 cm³/mol. The second kappa shape index (κ2) is 9.83. The predicted octanol–water partition coefficient (Wildman–Crippen LogP) is 5.47. The monoisotopic (exact) mass is 499 g/mol. The van der Waals surface area contributed by atoms with E-state index in [9.17, 15) is 9.59 Å². The summed E-state index contributed by atoms with van der Waals surface area (Å²) in [5, 5.41) is 0.107. The summed E-state index contributed by atoms with van der Waals surface area (Å²) in [4.78, 5) is 29.8. The molecule has 0 saturated carbocycles. The number of ether oxygens (including phenoxy) is 2. The maximum atomic E-state index is 14.4. The Morgan fingerprint density at radius 1 is 1.17 bits per heavy atom. The van der Waals surface area contributed by atoms with E-state index in [1.54, 1.807) is 0 Å². The molecule has 2 fully saturated rings. The van der Waals surface area contributed by atoms with Crippen LogP contribution in [0.4, 0.5) is 0 Å². The minimum Gasteiger partial charge on any atom is -0.468 e. The molecule has 35 heavy (non-hydrogen) atoms. The molecule has 5 atom stereocenters. The second-order valence-corrected chi connectivity index (χ2v) is 16.6. The second-order valence-electron chi connectivity index (χ2n) is 11.8. The lowest BCUT2D eigenvalue weighted by Crippen LogP contribution is -2.64. The SMILES string of the molecule is COC(=O)[C@@]1(CCCO[Si](C)(C)C(C)(C)C)C(=O)N2[C@H](OC[C@H]2c2ccccc2)[C@H]2CC=CC[C@H]21. The Balaban J connectivity index is 1.66. The summed E-state index contributed by atoms with van der Waals surface area (Å²) in [5.74, 6) is -0.648. The number of piperidine rings is 1. The number of amides is 1. The summed E-state index contributed by atoms with van der Waals surface area (Å²) in [6.07, 6.45) is 6.48. The number of carbonyl (C=O) groups is 2. The van der Waals surface area contributed by atoms with E-state index >= 15 is 0 Å². The van der Waals surface area contributed by atoms with Crippen molar-refractivity contribution in [1.82, 2.24) is 4.90 Å². The molecule has 1 aliphatic carbocycles. The number of hydrogen-bond acceptors (Lipinski definition) is 5. The van der Waals surface area contributed by atoms with E-state index in [0.29, 0.717) is 32.5 Å². The van der Waals surface area contributed by atoms with E-state index in [4.69, 9.17) is 13.9 Å². The van der Waals surface area contributed by atoms with Gasteiger partial charge >= 0.3 is 5.97 Å². The van der Waals surface area contributed by atoms with Crippen molar-refractivity contribution in [2.45, 2.75) is 76.9 Å². The van der Waals surface area contributed by atoms with Crippen molar-refractivity contribution in [3.05, 3.63) is 48.0 Å². The van der Waals surface area contributed by atoms with Crippen LogP contribution in [0.3, 0.4) is 0 Å². The molecule has 1 aromatic carbocycles. The zero-order chi connectivity index (χ0) is 25.4. The average Bonchev–Trinajstić information content (AvgIpc) is 3.28. The van der Waals surface area contributed by atoms with Crippen LogP contribution < -0.4 is 0 Å². The zero-order valence-corrected chi connectivity index (χ0v) is 23.1. The average molecular weight is 500 g/mol. The Morgan fingerprint density at radius 2 is 1.86 bits per heavy atom. The number of benzene rings is 1. The molecule has 2 saturated heterocycles. The van der Waals surface area contributed by atoms with Crippen LogP contribution in [-0.2, 0) is 23.5 Å². The molecule has 7 heteroatoms. The first-order valence-corrected chi connectivity index (χ1v) is 15.8. The number of hydrogen-bond donors (Lipinski definition) is 0. The number of rotatable bonds is 7. The van der Waals surface area contributed by atoms with Gasteiger partial charge in [-0.25, -0.2) is 0 Å². The van der Waals surface area contributed by atoms with Crippen molar-refractivity contribution in [2.24, 2.45) is 17.3 Å². The number of fused-ring (bicyclic) bond motifs is 3. The minimum absolute atomic E-state index is 0.0619. The Morgan fingerprint density at radius 3 is 2.51 bits per heavy atom. The minimum atomic E-state index is -1.92. The Bertz CT molecular complexity index is 956. The molecule has 1 aromatic rings. The van der Waals surface area contributed by atoms with Gasteiger partial charge in [0.25, 0.3) is 0 Å². The van der Waals surface area contributed by atoms with Crippen LogP contribution in [-0.4, -0.2) is 51.6 Å². The largest absolute Gasteiger partial charge is 0.468 e. The van der Waals surface area contributed by atoms with Crippen LogP contribution in [0.15, 0.2) is 42.5 Å². The number of carbonyl (C=O) groups excluding carboxylic acids is 2. The molecule has 2 heterocycles. The smallest absolute Gasteiger partial charge is 0.321 e. The fourth-order valence-electron chi connectivity index (χ4n) is 5.86. The fourth-order valence-corrected chi connectivity index (χ4v) is 6.95. The zero-order valence-electron chi connectivity index (χ0n) is 22.1. The van der Waals surface area contributed by atoms with Gasteiger partial charge in [0, 0.05) is 12.5 Å². The molecule has 6 nitrogen and oxygen atoms in total. The molecule has 0 unspecified atom stereocenters. The third-order valence-corrected chi connectivity index (χ3v) is 13.4. The molecular formula is C28H41NO5Si. The first kappa shape index (κ1) is 26.1. The van der Waals surface area contributed by atoms with Gasteiger partial charge in [-0.3, -0.25) is 9.59 Å². The number of methoxy groups -OCH3 is 1. The van der Waals surface area contributed by atoms with Crippen LogP contribution in [0.5, 0.6) is 0 Å². The number of allylic oxidation sites excluding steroid dienone is 2. The van der Waals surface area contributed by atoms with Crippen LogP contribution in [0.2, 0.25) is 18.1 Å². The van der Waals surface area contributed by atoms with Crippen LogP contribution in [0, 0.1) is 17.3 Å². The first-order valence-electron chi connectivity index (χ1n) is 12.9. The van der Waals surface area contributed by atoms with Gasteiger partial charge in [-0.1, -0.05) is 63.3 Å². The molecule has 4 rings (SSSR count). The summed E-state index contributed by atoms with van der Waals surface area (Å²) in [6, 6.07) is 9.79. The molecule has 0 bridgehead atoms. The molecule has 0 spiro atoms. The standard InChI is InChI=1S/C28H41NO5Si/c1-27(2,3)35(5,6)34-18-12-17-28(26(31)32-4)22-16-11-10-15-21(22)24-29(25(28)30)23(19-33-24)20-13-8-7-9-14-20/h7-11,13-14,21-24H,12,15-19H2,1-6H3/t21-,22+,23-,24+,28+/m0/s1. The number of nitrogens with zero attached hydrogens (tertiary/aromatic N) is 1. The molecule has 192 valence electrons. The van der Waals surface area contributed by atoms with Crippen molar-refractivity contribution in [3.8, 4) is 0 Å². The van der Waals surface area contributed by atoms with E-state index in [-0.39, 0.29) is 35.1 Å². The Hall–Kier alpha value is -1.96.